The second-order valence-corrected chi connectivity index (χ2v) is 6.79. The molecular weight excluding hydrogens is 258 g/mol. The number of aromatic nitrogens is 2. The van der Waals surface area contributed by atoms with Crippen molar-refractivity contribution in [3.8, 4) is 0 Å². The maximum absolute atomic E-state index is 4.78. The highest BCUT2D eigenvalue weighted by molar-refractivity contribution is 5.02. The molecule has 2 unspecified atom stereocenters. The molecule has 0 spiro atoms. The Morgan fingerprint density at radius 2 is 2.10 bits per heavy atom. The number of nitrogens with zero attached hydrogens (tertiary/aromatic N) is 2. The Bertz CT molecular complexity index is 393. The molecule has 3 nitrogen and oxygen atoms in total. The molecule has 0 saturated heterocycles. The molecule has 1 aliphatic carbocycles. The van der Waals surface area contributed by atoms with Gasteiger partial charge in [0.15, 0.2) is 0 Å². The molecule has 1 aliphatic rings. The molecule has 1 aromatic rings. The van der Waals surface area contributed by atoms with Crippen LogP contribution >= 0.6 is 0 Å². The van der Waals surface area contributed by atoms with E-state index in [4.69, 9.17) is 5.10 Å². The molecule has 1 heterocycles. The van der Waals surface area contributed by atoms with Gasteiger partial charge in [-0.25, -0.2) is 0 Å². The van der Waals surface area contributed by atoms with Crippen molar-refractivity contribution >= 4 is 0 Å². The minimum atomic E-state index is 0.510. The van der Waals surface area contributed by atoms with E-state index in [1.807, 2.05) is 0 Å². The predicted molar refractivity (Wildman–Crippen MR) is 89.6 cm³/mol. The van der Waals surface area contributed by atoms with Gasteiger partial charge in [0.25, 0.3) is 0 Å². The van der Waals surface area contributed by atoms with E-state index >= 15 is 0 Å². The molecule has 1 saturated carbocycles. The molecule has 2 rings (SSSR count). The van der Waals surface area contributed by atoms with Gasteiger partial charge < -0.3 is 5.32 Å². The quantitative estimate of drug-likeness (QED) is 0.733. The Hall–Kier alpha value is -0.830. The lowest BCUT2D eigenvalue weighted by molar-refractivity contribution is 0.380. The minimum Gasteiger partial charge on any atom is -0.314 e. The van der Waals surface area contributed by atoms with Gasteiger partial charge in [0, 0.05) is 24.7 Å². The van der Waals surface area contributed by atoms with E-state index in [0.29, 0.717) is 12.1 Å². The molecular formula is C18H33N3. The molecule has 0 aliphatic heterocycles. The maximum atomic E-state index is 4.78. The van der Waals surface area contributed by atoms with Crippen molar-refractivity contribution in [3.63, 3.8) is 0 Å². The minimum absolute atomic E-state index is 0.510. The van der Waals surface area contributed by atoms with Crippen LogP contribution in [0.3, 0.4) is 0 Å². The number of nitrogens with one attached hydrogen (secondary N) is 1. The smallest absolute Gasteiger partial charge is 0.0640 e. The second kappa shape index (κ2) is 8.57. The highest BCUT2D eigenvalue weighted by Crippen LogP contribution is 2.29. The van der Waals surface area contributed by atoms with Crippen molar-refractivity contribution in [2.45, 2.75) is 84.2 Å². The van der Waals surface area contributed by atoms with Crippen molar-refractivity contribution < 1.29 is 0 Å². The van der Waals surface area contributed by atoms with Crippen LogP contribution in [0, 0.1) is 5.92 Å². The third-order valence-corrected chi connectivity index (χ3v) is 4.94. The molecule has 0 aromatic carbocycles. The lowest BCUT2D eigenvalue weighted by Gasteiger charge is -2.21. The average molecular weight is 291 g/mol. The van der Waals surface area contributed by atoms with Gasteiger partial charge in [-0.1, -0.05) is 39.5 Å². The number of hydrogen-bond donors (Lipinski definition) is 1. The van der Waals surface area contributed by atoms with Gasteiger partial charge in [-0.2, -0.15) is 5.10 Å². The first kappa shape index (κ1) is 16.5. The average Bonchev–Trinajstić information content (AvgIpc) is 3.15. The highest BCUT2D eigenvalue weighted by Gasteiger charge is 2.20. The van der Waals surface area contributed by atoms with Crippen LogP contribution in [0.15, 0.2) is 12.3 Å². The van der Waals surface area contributed by atoms with E-state index < -0.39 is 0 Å². The third kappa shape index (κ3) is 5.14. The Kier molecular flexibility index (Phi) is 6.75. The third-order valence-electron chi connectivity index (χ3n) is 4.94. The van der Waals surface area contributed by atoms with Crippen LogP contribution in [0.5, 0.6) is 0 Å². The maximum Gasteiger partial charge on any atom is 0.0640 e. The van der Waals surface area contributed by atoms with E-state index in [9.17, 15) is 0 Å². The molecule has 3 heteroatoms. The summed E-state index contributed by atoms with van der Waals surface area (Å²) in [6.07, 6.45) is 12.7. The summed E-state index contributed by atoms with van der Waals surface area (Å²) in [5, 5.41) is 8.53. The molecule has 0 amide bonds. The Labute approximate surface area is 130 Å². The normalized spacial score (nSPS) is 19.0. The fraction of sp³-hybridized carbons (Fsp3) is 0.833. The fourth-order valence-electron chi connectivity index (χ4n) is 3.41. The zero-order valence-electron chi connectivity index (χ0n) is 14.1. The fourth-order valence-corrected chi connectivity index (χ4v) is 3.41. The molecule has 120 valence electrons. The summed E-state index contributed by atoms with van der Waals surface area (Å²) in [7, 11) is 0. The topological polar surface area (TPSA) is 29.9 Å². The van der Waals surface area contributed by atoms with Crippen LogP contribution in [0.2, 0.25) is 0 Å². The van der Waals surface area contributed by atoms with Gasteiger partial charge in [0.1, 0.15) is 0 Å². The van der Waals surface area contributed by atoms with Crippen molar-refractivity contribution in [1.29, 1.82) is 0 Å². The van der Waals surface area contributed by atoms with Crippen molar-refractivity contribution in [2.24, 2.45) is 5.92 Å². The standard InChI is InChI=1S/C18H33N3/c1-4-11-19-18(13-16-8-6-7-9-16)14-17-10-12-21(20-17)15(3)5-2/h10,12,15-16,18-19H,4-9,11,13-14H2,1-3H3. The van der Waals surface area contributed by atoms with Crippen LogP contribution in [0.1, 0.15) is 77.5 Å². The van der Waals surface area contributed by atoms with Crippen LogP contribution in [-0.4, -0.2) is 22.4 Å². The Balaban J connectivity index is 1.91. The predicted octanol–water partition coefficient (Wildman–Crippen LogP) is 4.35. The van der Waals surface area contributed by atoms with Crippen molar-refractivity contribution in [1.82, 2.24) is 15.1 Å². The van der Waals surface area contributed by atoms with Crippen molar-refractivity contribution in [2.75, 3.05) is 6.54 Å². The van der Waals surface area contributed by atoms with Crippen LogP contribution in [0.4, 0.5) is 0 Å². The van der Waals surface area contributed by atoms with Gasteiger partial charge in [0.2, 0.25) is 0 Å². The van der Waals surface area contributed by atoms with Crippen molar-refractivity contribution in [3.05, 3.63) is 18.0 Å². The summed E-state index contributed by atoms with van der Waals surface area (Å²) in [6.45, 7) is 7.83. The molecule has 1 fully saturated rings. The van der Waals surface area contributed by atoms with E-state index in [1.165, 1.54) is 44.2 Å². The lowest BCUT2D eigenvalue weighted by atomic mass is 9.95. The summed E-state index contributed by atoms with van der Waals surface area (Å²) in [6, 6.07) is 3.32. The molecule has 2 atom stereocenters. The first-order valence-electron chi connectivity index (χ1n) is 9.00. The monoisotopic (exact) mass is 291 g/mol. The Morgan fingerprint density at radius 3 is 2.76 bits per heavy atom. The molecule has 0 bridgehead atoms. The molecule has 0 radical (unpaired) electrons. The van der Waals surface area contributed by atoms with Gasteiger partial charge >= 0.3 is 0 Å². The zero-order valence-corrected chi connectivity index (χ0v) is 14.1. The summed E-state index contributed by atoms with van der Waals surface area (Å²) < 4.78 is 2.13. The molecule has 1 N–H and O–H groups in total. The van der Waals surface area contributed by atoms with Gasteiger partial charge in [0.05, 0.1) is 5.69 Å². The molecule has 21 heavy (non-hydrogen) atoms. The Morgan fingerprint density at radius 1 is 1.33 bits per heavy atom. The first-order valence-corrected chi connectivity index (χ1v) is 9.00. The van der Waals surface area contributed by atoms with Crippen LogP contribution in [0.25, 0.3) is 0 Å². The lowest BCUT2D eigenvalue weighted by Crippen LogP contribution is -2.33. The van der Waals surface area contributed by atoms with E-state index in [1.54, 1.807) is 0 Å². The zero-order chi connectivity index (χ0) is 15.1. The van der Waals surface area contributed by atoms with Gasteiger partial charge in [-0.3, -0.25) is 4.68 Å². The van der Waals surface area contributed by atoms with E-state index in [2.05, 4.69) is 43.0 Å². The molecule has 1 aromatic heterocycles. The summed E-state index contributed by atoms with van der Waals surface area (Å²) in [5.41, 5.74) is 1.25. The summed E-state index contributed by atoms with van der Waals surface area (Å²) in [4.78, 5) is 0. The summed E-state index contributed by atoms with van der Waals surface area (Å²) in [5.74, 6) is 0.941. The second-order valence-electron chi connectivity index (χ2n) is 6.79. The number of rotatable bonds is 9. The van der Waals surface area contributed by atoms with E-state index in [-0.39, 0.29) is 0 Å². The van der Waals surface area contributed by atoms with Gasteiger partial charge in [-0.05, 0) is 44.7 Å². The van der Waals surface area contributed by atoms with Crippen LogP contribution in [-0.2, 0) is 6.42 Å². The first-order chi connectivity index (χ1) is 10.2. The van der Waals surface area contributed by atoms with Crippen LogP contribution < -0.4 is 5.32 Å². The largest absolute Gasteiger partial charge is 0.314 e. The van der Waals surface area contributed by atoms with Gasteiger partial charge in [-0.15, -0.1) is 0 Å². The highest BCUT2D eigenvalue weighted by atomic mass is 15.3. The number of hydrogen-bond acceptors (Lipinski definition) is 2. The summed E-state index contributed by atoms with van der Waals surface area (Å²) >= 11 is 0. The van der Waals surface area contributed by atoms with E-state index in [0.717, 1.165) is 25.3 Å². The SMILES string of the molecule is CCCNC(Cc1ccn(C(C)CC)n1)CC1CCCC1.